The van der Waals surface area contributed by atoms with Crippen LogP contribution < -0.4 is 9.05 Å². The number of hydrogen-bond donors (Lipinski definition) is 0. The SMILES string of the molecule is CCCCc1cc(C)cc2c1O[PH](=O)Oc1c(cc(C)cc1C(C)(C)C)C2. The highest BCUT2D eigenvalue weighted by Gasteiger charge is 2.27. The largest absolute Gasteiger partial charge is 0.419 e. The van der Waals surface area contributed by atoms with E-state index < -0.39 is 8.25 Å². The molecule has 0 spiro atoms. The molecule has 1 atom stereocenters. The summed E-state index contributed by atoms with van der Waals surface area (Å²) in [5, 5.41) is 0. The molecule has 0 saturated heterocycles. The third-order valence-corrected chi connectivity index (χ3v) is 5.80. The van der Waals surface area contributed by atoms with E-state index in [4.69, 9.17) is 9.05 Å². The summed E-state index contributed by atoms with van der Waals surface area (Å²) in [6.45, 7) is 12.9. The molecular formula is C23H31O3P. The third kappa shape index (κ3) is 4.41. The molecular weight excluding hydrogens is 355 g/mol. The van der Waals surface area contributed by atoms with Crippen LogP contribution in [0, 0.1) is 13.8 Å². The molecule has 2 aromatic carbocycles. The maximum Gasteiger partial charge on any atom is 0.419 e. The molecule has 3 nitrogen and oxygen atoms in total. The van der Waals surface area contributed by atoms with Crippen molar-refractivity contribution in [2.75, 3.05) is 0 Å². The van der Waals surface area contributed by atoms with Gasteiger partial charge in [0.25, 0.3) is 0 Å². The first-order chi connectivity index (χ1) is 12.7. The Morgan fingerprint density at radius 2 is 1.56 bits per heavy atom. The number of aryl methyl sites for hydroxylation is 3. The molecule has 0 fully saturated rings. The molecule has 0 bridgehead atoms. The molecule has 0 saturated carbocycles. The Morgan fingerprint density at radius 3 is 2.19 bits per heavy atom. The average Bonchev–Trinajstić information content (AvgIpc) is 2.55. The van der Waals surface area contributed by atoms with Crippen LogP contribution in [-0.4, -0.2) is 0 Å². The number of benzene rings is 2. The van der Waals surface area contributed by atoms with Crippen molar-refractivity contribution in [2.45, 2.75) is 72.6 Å². The fraction of sp³-hybridized carbons (Fsp3) is 0.478. The van der Waals surface area contributed by atoms with Gasteiger partial charge >= 0.3 is 8.25 Å². The normalized spacial score (nSPS) is 16.4. The summed E-state index contributed by atoms with van der Waals surface area (Å²) in [6, 6.07) is 8.61. The van der Waals surface area contributed by atoms with E-state index in [0.29, 0.717) is 0 Å². The third-order valence-electron chi connectivity index (χ3n) is 5.06. The molecule has 0 radical (unpaired) electrons. The molecule has 1 unspecified atom stereocenters. The van der Waals surface area contributed by atoms with Crippen molar-refractivity contribution in [3.05, 3.63) is 57.6 Å². The molecule has 1 heterocycles. The van der Waals surface area contributed by atoms with Crippen molar-refractivity contribution in [3.8, 4) is 11.5 Å². The Morgan fingerprint density at radius 1 is 0.963 bits per heavy atom. The lowest BCUT2D eigenvalue weighted by atomic mass is 9.83. The summed E-state index contributed by atoms with van der Waals surface area (Å²) in [5.41, 5.74) is 6.74. The van der Waals surface area contributed by atoms with Crippen LogP contribution in [0.2, 0.25) is 0 Å². The smallest absolute Gasteiger partial charge is 0.417 e. The Hall–Kier alpha value is -1.73. The van der Waals surface area contributed by atoms with Gasteiger partial charge < -0.3 is 9.05 Å². The summed E-state index contributed by atoms with van der Waals surface area (Å²) in [5.74, 6) is 1.50. The minimum atomic E-state index is -2.68. The zero-order chi connectivity index (χ0) is 19.8. The van der Waals surface area contributed by atoms with Crippen LogP contribution in [0.4, 0.5) is 0 Å². The zero-order valence-electron chi connectivity index (χ0n) is 17.4. The predicted molar refractivity (Wildman–Crippen MR) is 113 cm³/mol. The van der Waals surface area contributed by atoms with Gasteiger partial charge in [0.1, 0.15) is 11.5 Å². The van der Waals surface area contributed by atoms with Crippen LogP contribution in [0.15, 0.2) is 24.3 Å². The van der Waals surface area contributed by atoms with Gasteiger partial charge in [0, 0.05) is 12.0 Å². The van der Waals surface area contributed by atoms with Gasteiger partial charge in [-0.3, -0.25) is 0 Å². The number of unbranched alkanes of at least 4 members (excludes halogenated alkanes) is 1. The van der Waals surface area contributed by atoms with Crippen LogP contribution in [0.5, 0.6) is 11.5 Å². The molecule has 1 aliphatic rings. The van der Waals surface area contributed by atoms with Gasteiger partial charge in [-0.15, -0.1) is 0 Å². The number of fused-ring (bicyclic) bond motifs is 2. The Kier molecular flexibility index (Phi) is 5.72. The molecule has 3 rings (SSSR count). The summed E-state index contributed by atoms with van der Waals surface area (Å²) >= 11 is 0. The van der Waals surface area contributed by atoms with E-state index >= 15 is 0 Å². The number of hydrogen-bond acceptors (Lipinski definition) is 3. The summed E-state index contributed by atoms with van der Waals surface area (Å²) in [4.78, 5) is 0. The molecule has 2 aromatic rings. The van der Waals surface area contributed by atoms with Crippen LogP contribution >= 0.6 is 8.25 Å². The van der Waals surface area contributed by atoms with Gasteiger partial charge in [-0.25, -0.2) is 4.57 Å². The van der Waals surface area contributed by atoms with E-state index in [2.05, 4.69) is 65.8 Å². The van der Waals surface area contributed by atoms with Crippen molar-refractivity contribution in [1.29, 1.82) is 0 Å². The second-order valence-corrected chi connectivity index (χ2v) is 9.61. The molecule has 0 N–H and O–H groups in total. The van der Waals surface area contributed by atoms with Gasteiger partial charge in [0.05, 0.1) is 0 Å². The van der Waals surface area contributed by atoms with E-state index in [1.54, 1.807) is 0 Å². The first-order valence-corrected chi connectivity index (χ1v) is 11.1. The fourth-order valence-corrected chi connectivity index (χ4v) is 4.67. The molecule has 146 valence electrons. The average molecular weight is 386 g/mol. The molecule has 4 heteroatoms. The Bertz CT molecular complexity index is 878. The lowest BCUT2D eigenvalue weighted by Gasteiger charge is -2.28. The predicted octanol–water partition coefficient (Wildman–Crippen LogP) is 6.70. The summed E-state index contributed by atoms with van der Waals surface area (Å²) < 4.78 is 24.6. The van der Waals surface area contributed by atoms with Crippen molar-refractivity contribution >= 4 is 8.25 Å². The van der Waals surface area contributed by atoms with E-state index in [1.807, 2.05) is 0 Å². The lowest BCUT2D eigenvalue weighted by molar-refractivity contribution is 0.399. The van der Waals surface area contributed by atoms with Crippen molar-refractivity contribution in [2.24, 2.45) is 0 Å². The van der Waals surface area contributed by atoms with E-state index in [1.165, 1.54) is 11.1 Å². The highest BCUT2D eigenvalue weighted by molar-refractivity contribution is 7.34. The van der Waals surface area contributed by atoms with Gasteiger partial charge in [-0.05, 0) is 48.8 Å². The lowest BCUT2D eigenvalue weighted by Crippen LogP contribution is -2.15. The van der Waals surface area contributed by atoms with Crippen LogP contribution in [0.3, 0.4) is 0 Å². The highest BCUT2D eigenvalue weighted by atomic mass is 31.1. The molecule has 0 aliphatic carbocycles. The standard InChI is InChI=1S/C23H31O3P/c1-7-8-9-17-10-15(2)11-18-14-19-12-16(3)13-20(23(4,5)6)22(19)26-27(24)25-21(17)18/h10-13,27H,7-9,14H2,1-6H3. The van der Waals surface area contributed by atoms with Crippen LogP contribution in [0.1, 0.15) is 73.9 Å². The zero-order valence-corrected chi connectivity index (χ0v) is 18.4. The highest BCUT2D eigenvalue weighted by Crippen LogP contribution is 2.45. The Labute approximate surface area is 164 Å². The quantitative estimate of drug-likeness (QED) is 0.551. The van der Waals surface area contributed by atoms with Crippen molar-refractivity contribution in [1.82, 2.24) is 0 Å². The molecule has 1 aliphatic heterocycles. The Balaban J connectivity index is 2.18. The molecule has 0 aromatic heterocycles. The van der Waals surface area contributed by atoms with Gasteiger partial charge in [-0.1, -0.05) is 69.5 Å². The van der Waals surface area contributed by atoms with Crippen LogP contribution in [-0.2, 0) is 22.8 Å². The second-order valence-electron chi connectivity index (χ2n) is 8.70. The topological polar surface area (TPSA) is 35.5 Å². The monoisotopic (exact) mass is 386 g/mol. The minimum Gasteiger partial charge on any atom is -0.417 e. The van der Waals surface area contributed by atoms with E-state index in [9.17, 15) is 4.57 Å². The first-order valence-electron chi connectivity index (χ1n) is 9.85. The maximum absolute atomic E-state index is 12.8. The molecule has 27 heavy (non-hydrogen) atoms. The second kappa shape index (κ2) is 7.72. The first kappa shape index (κ1) is 20.0. The summed E-state index contributed by atoms with van der Waals surface area (Å²) in [7, 11) is -2.68. The fourth-order valence-electron chi connectivity index (χ4n) is 3.79. The van der Waals surface area contributed by atoms with E-state index in [-0.39, 0.29) is 5.41 Å². The van der Waals surface area contributed by atoms with Crippen molar-refractivity contribution < 1.29 is 13.6 Å². The van der Waals surface area contributed by atoms with Gasteiger partial charge in [-0.2, -0.15) is 0 Å². The molecule has 0 amide bonds. The van der Waals surface area contributed by atoms with Crippen LogP contribution in [0.25, 0.3) is 0 Å². The van der Waals surface area contributed by atoms with Crippen molar-refractivity contribution in [3.63, 3.8) is 0 Å². The van der Waals surface area contributed by atoms with Gasteiger partial charge in [0.2, 0.25) is 0 Å². The van der Waals surface area contributed by atoms with E-state index in [0.717, 1.165) is 59.4 Å². The van der Waals surface area contributed by atoms with Gasteiger partial charge in [0.15, 0.2) is 0 Å². The maximum atomic E-state index is 12.8. The summed E-state index contributed by atoms with van der Waals surface area (Å²) in [6.07, 6.45) is 3.87. The minimum absolute atomic E-state index is 0.0980. The number of rotatable bonds is 3.